The van der Waals surface area contributed by atoms with E-state index in [0.717, 1.165) is 28.8 Å². The number of thiocarbonyl (C=S) groups is 1. The van der Waals surface area contributed by atoms with Crippen LogP contribution in [0.15, 0.2) is 36.4 Å². The normalized spacial score (nSPS) is 10.2. The average molecular weight is 372 g/mol. The molecule has 0 heterocycles. The van der Waals surface area contributed by atoms with E-state index in [4.69, 9.17) is 17.0 Å². The lowest BCUT2D eigenvalue weighted by atomic mass is 10.1. The molecule has 0 saturated heterocycles. The zero-order valence-corrected chi connectivity index (χ0v) is 16.4. The van der Waals surface area contributed by atoms with E-state index >= 15 is 0 Å². The quantitative estimate of drug-likeness (QED) is 0.554. The van der Waals surface area contributed by atoms with Crippen molar-refractivity contribution in [3.63, 3.8) is 0 Å². The van der Waals surface area contributed by atoms with Crippen molar-refractivity contribution in [1.29, 1.82) is 0 Å². The third kappa shape index (κ3) is 5.20. The molecule has 26 heavy (non-hydrogen) atoms. The Morgan fingerprint density at radius 2 is 1.73 bits per heavy atom. The van der Waals surface area contributed by atoms with Crippen LogP contribution in [0.1, 0.15) is 29.2 Å². The topological polar surface area (TPSA) is 62.4 Å². The second-order valence-electron chi connectivity index (χ2n) is 6.08. The Bertz CT molecular complexity index is 806. The van der Waals surface area contributed by atoms with Gasteiger partial charge in [0.1, 0.15) is 5.75 Å². The van der Waals surface area contributed by atoms with Gasteiger partial charge in [0, 0.05) is 5.69 Å². The van der Waals surface area contributed by atoms with Crippen LogP contribution in [0.2, 0.25) is 0 Å². The van der Waals surface area contributed by atoms with Crippen LogP contribution in [0.25, 0.3) is 0 Å². The third-order valence-corrected chi connectivity index (χ3v) is 4.41. The van der Waals surface area contributed by atoms with Gasteiger partial charge in [-0.3, -0.25) is 15.6 Å². The van der Waals surface area contributed by atoms with Gasteiger partial charge in [-0.2, -0.15) is 0 Å². The number of nitrogens with one attached hydrogen (secondary N) is 3. The highest BCUT2D eigenvalue weighted by Gasteiger charge is 2.08. The Morgan fingerprint density at radius 3 is 2.46 bits per heavy atom. The minimum absolute atomic E-state index is 0.0928. The highest BCUT2D eigenvalue weighted by Crippen LogP contribution is 2.21. The van der Waals surface area contributed by atoms with Crippen molar-refractivity contribution < 1.29 is 9.53 Å². The molecule has 5 nitrogen and oxygen atoms in total. The van der Waals surface area contributed by atoms with Crippen molar-refractivity contribution in [3.05, 3.63) is 58.7 Å². The number of hydrogen-bond donors (Lipinski definition) is 3. The summed E-state index contributed by atoms with van der Waals surface area (Å²) < 4.78 is 5.57. The largest absolute Gasteiger partial charge is 0.483 e. The lowest BCUT2D eigenvalue weighted by molar-refractivity contribution is -0.123. The van der Waals surface area contributed by atoms with Crippen molar-refractivity contribution >= 4 is 28.9 Å². The van der Waals surface area contributed by atoms with Crippen molar-refractivity contribution in [1.82, 2.24) is 10.9 Å². The molecule has 0 radical (unpaired) electrons. The number of hydrazine groups is 1. The molecule has 2 aromatic carbocycles. The van der Waals surface area contributed by atoms with Crippen molar-refractivity contribution in [2.45, 2.75) is 34.1 Å². The van der Waals surface area contributed by atoms with Crippen LogP contribution >= 0.6 is 12.2 Å². The zero-order chi connectivity index (χ0) is 19.1. The predicted octanol–water partition coefficient (Wildman–Crippen LogP) is 3.57. The molecule has 0 aliphatic carbocycles. The number of para-hydroxylation sites is 1. The van der Waals surface area contributed by atoms with E-state index in [1.807, 2.05) is 51.1 Å². The molecule has 0 unspecified atom stereocenters. The number of amides is 1. The maximum absolute atomic E-state index is 12.0. The highest BCUT2D eigenvalue weighted by atomic mass is 32.1. The van der Waals surface area contributed by atoms with Crippen molar-refractivity contribution in [3.8, 4) is 5.75 Å². The van der Waals surface area contributed by atoms with Crippen LogP contribution < -0.4 is 20.9 Å². The van der Waals surface area contributed by atoms with E-state index in [2.05, 4.69) is 29.2 Å². The molecule has 6 heteroatoms. The maximum atomic E-state index is 12.0. The summed E-state index contributed by atoms with van der Waals surface area (Å²) in [6, 6.07) is 11.8. The molecule has 0 aromatic heterocycles. The van der Waals surface area contributed by atoms with Crippen molar-refractivity contribution in [2.75, 3.05) is 11.9 Å². The summed E-state index contributed by atoms with van der Waals surface area (Å²) in [6.07, 6.45) is 0.892. The first-order valence-corrected chi connectivity index (χ1v) is 8.96. The summed E-state index contributed by atoms with van der Waals surface area (Å²) in [6.45, 7) is 7.98. The lowest BCUT2D eigenvalue weighted by Gasteiger charge is -2.16. The van der Waals surface area contributed by atoms with Crippen LogP contribution in [0.4, 0.5) is 5.69 Å². The van der Waals surface area contributed by atoms with Gasteiger partial charge in [0.15, 0.2) is 11.7 Å². The van der Waals surface area contributed by atoms with Crippen LogP contribution in [0.3, 0.4) is 0 Å². The van der Waals surface area contributed by atoms with Gasteiger partial charge in [0.05, 0.1) is 0 Å². The fourth-order valence-corrected chi connectivity index (χ4v) is 2.69. The lowest BCUT2D eigenvalue weighted by Crippen LogP contribution is -2.45. The number of carbonyl (C=O) groups excluding carboxylic acids is 1. The van der Waals surface area contributed by atoms with E-state index in [1.54, 1.807) is 0 Å². The molecule has 0 aliphatic rings. The second-order valence-corrected chi connectivity index (χ2v) is 6.48. The van der Waals surface area contributed by atoms with Crippen LogP contribution in [0.5, 0.6) is 5.75 Å². The number of rotatable bonds is 5. The first kappa shape index (κ1) is 19.7. The average Bonchev–Trinajstić information content (AvgIpc) is 2.63. The van der Waals surface area contributed by atoms with Crippen molar-refractivity contribution in [2.24, 2.45) is 0 Å². The van der Waals surface area contributed by atoms with Gasteiger partial charge >= 0.3 is 0 Å². The minimum atomic E-state index is -0.310. The molecule has 0 bridgehead atoms. The number of carbonyl (C=O) groups is 1. The molecule has 3 N–H and O–H groups in total. The summed E-state index contributed by atoms with van der Waals surface area (Å²) in [5.74, 6) is 0.393. The summed E-state index contributed by atoms with van der Waals surface area (Å²) in [5, 5.41) is 3.47. The fourth-order valence-electron chi connectivity index (χ4n) is 2.53. The Hall–Kier alpha value is -2.60. The second kappa shape index (κ2) is 9.20. The molecule has 2 aromatic rings. The van der Waals surface area contributed by atoms with Crippen LogP contribution in [0, 0.1) is 20.8 Å². The van der Waals surface area contributed by atoms with Gasteiger partial charge < -0.3 is 10.1 Å². The predicted molar refractivity (Wildman–Crippen MR) is 109 cm³/mol. The van der Waals surface area contributed by atoms with E-state index in [0.29, 0.717) is 10.9 Å². The van der Waals surface area contributed by atoms with E-state index < -0.39 is 0 Å². The zero-order valence-electron chi connectivity index (χ0n) is 15.6. The Balaban J connectivity index is 1.84. The molecule has 0 atom stereocenters. The summed E-state index contributed by atoms with van der Waals surface area (Å²) in [4.78, 5) is 12.0. The van der Waals surface area contributed by atoms with Gasteiger partial charge in [0.2, 0.25) is 0 Å². The van der Waals surface area contributed by atoms with E-state index in [9.17, 15) is 4.79 Å². The number of anilines is 1. The minimum Gasteiger partial charge on any atom is -0.483 e. The number of ether oxygens (including phenoxy) is 1. The molecule has 1 amide bonds. The number of benzene rings is 2. The number of hydrogen-bond acceptors (Lipinski definition) is 3. The Morgan fingerprint density at radius 1 is 1.04 bits per heavy atom. The molecule has 0 spiro atoms. The Labute approximate surface area is 160 Å². The molecular formula is C20H25N3O2S. The summed E-state index contributed by atoms with van der Waals surface area (Å²) >= 11 is 5.26. The fraction of sp³-hybridized carbons (Fsp3) is 0.300. The molecule has 138 valence electrons. The van der Waals surface area contributed by atoms with Crippen LogP contribution in [-0.2, 0) is 11.2 Å². The smallest absolute Gasteiger partial charge is 0.276 e. The van der Waals surface area contributed by atoms with E-state index in [-0.39, 0.29) is 12.5 Å². The Kier molecular flexibility index (Phi) is 6.97. The van der Waals surface area contributed by atoms with Gasteiger partial charge in [-0.25, -0.2) is 0 Å². The summed E-state index contributed by atoms with van der Waals surface area (Å²) in [5.41, 5.74) is 10.6. The third-order valence-electron chi connectivity index (χ3n) is 4.21. The standard InChI is InChI=1S/C20H25N3O2S/c1-5-16-10-6-9-14(3)19(16)21-20(26)23-22-18(24)12-25-17-11-7-8-13(2)15(17)4/h6-11H,5,12H2,1-4H3,(H,22,24)(H2,21,23,26). The summed E-state index contributed by atoms with van der Waals surface area (Å²) in [7, 11) is 0. The first-order valence-electron chi connectivity index (χ1n) is 8.55. The van der Waals surface area contributed by atoms with Crippen LogP contribution in [-0.4, -0.2) is 17.6 Å². The van der Waals surface area contributed by atoms with Gasteiger partial charge in [-0.15, -0.1) is 0 Å². The molecule has 0 aliphatic heterocycles. The molecule has 0 fully saturated rings. The van der Waals surface area contributed by atoms with E-state index in [1.165, 1.54) is 5.56 Å². The number of aryl methyl sites for hydroxylation is 3. The maximum Gasteiger partial charge on any atom is 0.276 e. The van der Waals surface area contributed by atoms with Gasteiger partial charge in [-0.05, 0) is 67.7 Å². The highest BCUT2D eigenvalue weighted by molar-refractivity contribution is 7.80. The van der Waals surface area contributed by atoms with Gasteiger partial charge in [0.25, 0.3) is 5.91 Å². The molecule has 2 rings (SSSR count). The first-order chi connectivity index (χ1) is 12.4. The molecule has 0 saturated carbocycles. The van der Waals surface area contributed by atoms with Gasteiger partial charge in [-0.1, -0.05) is 37.3 Å². The SMILES string of the molecule is CCc1cccc(C)c1NC(=S)NNC(=O)COc1cccc(C)c1C. The monoisotopic (exact) mass is 371 g/mol. The molecular weight excluding hydrogens is 346 g/mol.